The molecule has 1 unspecified atom stereocenters. The van der Waals surface area contributed by atoms with Crippen molar-refractivity contribution in [1.82, 2.24) is 0 Å². The summed E-state index contributed by atoms with van der Waals surface area (Å²) in [6, 6.07) is 9.46. The molecule has 0 aliphatic carbocycles. The molecular weight excluding hydrogens is 203 g/mol. The molecular formula is C9H11O2PS. The number of benzene rings is 1. The molecule has 2 rings (SSSR count). The Hall–Kier alpha value is -0.240. The molecule has 1 fully saturated rings. The van der Waals surface area contributed by atoms with Gasteiger partial charge in [-0.25, -0.2) is 0 Å². The van der Waals surface area contributed by atoms with E-state index in [1.54, 1.807) is 0 Å². The molecule has 1 saturated heterocycles. The second kappa shape index (κ2) is 3.87. The van der Waals surface area contributed by atoms with Crippen molar-refractivity contribution < 1.29 is 9.09 Å². The van der Waals surface area contributed by atoms with Gasteiger partial charge in [-0.2, -0.15) is 0 Å². The first-order valence-electron chi connectivity index (χ1n) is 4.26. The predicted octanol–water partition coefficient (Wildman–Crippen LogP) is 2.66. The Morgan fingerprint density at radius 2 is 2.08 bits per heavy atom. The lowest BCUT2D eigenvalue weighted by atomic mass is 10.4. The maximum Gasteiger partial charge on any atom is 0.287 e. The molecule has 1 aliphatic heterocycles. The van der Waals surface area contributed by atoms with Crippen molar-refractivity contribution in [2.24, 2.45) is 0 Å². The highest BCUT2D eigenvalue weighted by molar-refractivity contribution is 8.58. The maximum atomic E-state index is 12.2. The fraction of sp³-hybridized carbons (Fsp3) is 0.333. The molecule has 2 nitrogen and oxygen atoms in total. The van der Waals surface area contributed by atoms with Crippen LogP contribution < -0.4 is 5.30 Å². The second-order valence-electron chi connectivity index (χ2n) is 2.85. The molecule has 4 heteroatoms. The molecule has 0 saturated carbocycles. The molecule has 1 aromatic carbocycles. The molecule has 1 aromatic rings. The highest BCUT2D eigenvalue weighted by Crippen LogP contribution is 2.60. The zero-order valence-corrected chi connectivity index (χ0v) is 8.89. The first-order chi connectivity index (χ1) is 6.31. The van der Waals surface area contributed by atoms with Crippen molar-refractivity contribution in [3.05, 3.63) is 30.3 Å². The van der Waals surface area contributed by atoms with Gasteiger partial charge in [0, 0.05) is 11.1 Å². The Labute approximate surface area is 81.9 Å². The monoisotopic (exact) mass is 214 g/mol. The summed E-state index contributed by atoms with van der Waals surface area (Å²) in [6.45, 7) is -1.92. The molecule has 1 heterocycles. The van der Waals surface area contributed by atoms with Crippen molar-refractivity contribution in [3.63, 3.8) is 0 Å². The van der Waals surface area contributed by atoms with Crippen molar-refractivity contribution >= 4 is 23.3 Å². The van der Waals surface area contributed by atoms with Crippen LogP contribution in [-0.2, 0) is 9.09 Å². The Morgan fingerprint density at radius 1 is 1.31 bits per heavy atom. The minimum atomic E-state index is -2.55. The average molecular weight is 214 g/mol. The minimum Gasteiger partial charge on any atom is -0.318 e. The Morgan fingerprint density at radius 3 is 2.69 bits per heavy atom. The van der Waals surface area contributed by atoms with Gasteiger partial charge in [0.1, 0.15) is 0 Å². The zero-order valence-electron chi connectivity index (χ0n) is 7.18. The zero-order chi connectivity index (χ0) is 9.15. The third-order valence-corrected chi connectivity index (χ3v) is 6.66. The summed E-state index contributed by atoms with van der Waals surface area (Å²) in [5, 5.41) is 0.833. The smallest absolute Gasteiger partial charge is 0.287 e. The maximum absolute atomic E-state index is 12.2. The number of rotatable bonds is 1. The average Bonchev–Trinajstić information content (AvgIpc) is 2.20. The number of hydrogen-bond donors (Lipinski definition) is 0. The fourth-order valence-corrected chi connectivity index (χ4v) is 5.36. The van der Waals surface area contributed by atoms with Crippen LogP contribution in [0.3, 0.4) is 0 Å². The van der Waals surface area contributed by atoms with Crippen molar-refractivity contribution in [2.45, 2.75) is 6.42 Å². The largest absolute Gasteiger partial charge is 0.318 e. The van der Waals surface area contributed by atoms with E-state index in [-0.39, 0.29) is 0 Å². The van der Waals surface area contributed by atoms with Crippen LogP contribution in [0.5, 0.6) is 0 Å². The van der Waals surface area contributed by atoms with Gasteiger partial charge in [-0.05, 0) is 18.6 Å². The summed E-state index contributed by atoms with van der Waals surface area (Å²) in [5.41, 5.74) is 0. The molecule has 70 valence electrons. The Balaban J connectivity index is 2.29. The summed E-state index contributed by atoms with van der Waals surface area (Å²) in [7, 11) is 0. The molecule has 0 bridgehead atoms. The van der Waals surface area contributed by atoms with Crippen LogP contribution in [0.2, 0.25) is 0 Å². The van der Waals surface area contributed by atoms with Gasteiger partial charge in [-0.1, -0.05) is 29.6 Å². The first-order valence-corrected chi connectivity index (χ1v) is 7.47. The standard InChI is InChI=1S/C9H11O2PS/c10-12(11-7-4-8-13-12)9-5-2-1-3-6-9/h1-3,5-6H,4,7-8H2. The highest BCUT2D eigenvalue weighted by Gasteiger charge is 2.29. The van der Waals surface area contributed by atoms with Gasteiger partial charge < -0.3 is 4.52 Å². The van der Waals surface area contributed by atoms with Gasteiger partial charge in [-0.15, -0.1) is 0 Å². The van der Waals surface area contributed by atoms with Crippen LogP contribution >= 0.6 is 18.0 Å². The summed E-state index contributed by atoms with van der Waals surface area (Å²) >= 11 is 1.45. The van der Waals surface area contributed by atoms with Gasteiger partial charge in [0.05, 0.1) is 6.61 Å². The Bertz CT molecular complexity index is 316. The van der Waals surface area contributed by atoms with E-state index >= 15 is 0 Å². The molecule has 1 atom stereocenters. The van der Waals surface area contributed by atoms with Crippen LogP contribution in [0, 0.1) is 0 Å². The van der Waals surface area contributed by atoms with Crippen LogP contribution in [0.25, 0.3) is 0 Å². The fourth-order valence-electron chi connectivity index (χ4n) is 1.23. The lowest BCUT2D eigenvalue weighted by Crippen LogP contribution is -2.10. The van der Waals surface area contributed by atoms with Gasteiger partial charge in [0.15, 0.2) is 0 Å². The third-order valence-electron chi connectivity index (χ3n) is 1.88. The van der Waals surface area contributed by atoms with E-state index in [1.807, 2.05) is 30.3 Å². The third kappa shape index (κ3) is 1.98. The molecule has 0 spiro atoms. The summed E-state index contributed by atoms with van der Waals surface area (Å²) < 4.78 is 17.5. The van der Waals surface area contributed by atoms with E-state index in [4.69, 9.17) is 4.52 Å². The van der Waals surface area contributed by atoms with Gasteiger partial charge >= 0.3 is 0 Å². The van der Waals surface area contributed by atoms with Crippen molar-refractivity contribution in [2.75, 3.05) is 12.4 Å². The van der Waals surface area contributed by atoms with Crippen LogP contribution in [0.1, 0.15) is 6.42 Å². The molecule has 13 heavy (non-hydrogen) atoms. The van der Waals surface area contributed by atoms with E-state index in [2.05, 4.69) is 0 Å². The van der Waals surface area contributed by atoms with E-state index in [1.165, 1.54) is 11.4 Å². The van der Waals surface area contributed by atoms with E-state index in [0.29, 0.717) is 6.61 Å². The number of hydrogen-bond acceptors (Lipinski definition) is 3. The second-order valence-corrected chi connectivity index (χ2v) is 7.51. The van der Waals surface area contributed by atoms with Crippen LogP contribution in [0.15, 0.2) is 30.3 Å². The lowest BCUT2D eigenvalue weighted by molar-refractivity contribution is 0.327. The van der Waals surface area contributed by atoms with Gasteiger partial charge in [-0.3, -0.25) is 4.57 Å². The van der Waals surface area contributed by atoms with E-state index < -0.39 is 6.57 Å². The summed E-state index contributed by atoms with van der Waals surface area (Å²) in [6.07, 6.45) is 1.00. The topological polar surface area (TPSA) is 26.3 Å². The molecule has 1 aliphatic rings. The van der Waals surface area contributed by atoms with Gasteiger partial charge in [0.25, 0.3) is 6.57 Å². The van der Waals surface area contributed by atoms with E-state index in [9.17, 15) is 4.57 Å². The predicted molar refractivity (Wildman–Crippen MR) is 56.7 cm³/mol. The van der Waals surface area contributed by atoms with Crippen LogP contribution in [0.4, 0.5) is 0 Å². The van der Waals surface area contributed by atoms with Crippen molar-refractivity contribution in [1.29, 1.82) is 0 Å². The minimum absolute atomic E-state index is 0.624. The summed E-state index contributed by atoms with van der Waals surface area (Å²) in [4.78, 5) is 0. The molecule has 0 N–H and O–H groups in total. The SMILES string of the molecule is O=P1(c2ccccc2)OCCCS1. The van der Waals surface area contributed by atoms with Gasteiger partial charge in [0.2, 0.25) is 0 Å². The quantitative estimate of drug-likeness (QED) is 0.672. The Kier molecular flexibility index (Phi) is 2.77. The first kappa shape index (κ1) is 9.32. The van der Waals surface area contributed by atoms with Crippen LogP contribution in [-0.4, -0.2) is 12.4 Å². The highest BCUT2D eigenvalue weighted by atomic mass is 32.7. The van der Waals surface area contributed by atoms with E-state index in [0.717, 1.165) is 17.5 Å². The molecule has 0 radical (unpaired) electrons. The lowest BCUT2D eigenvalue weighted by Gasteiger charge is -2.22. The molecule has 0 amide bonds. The summed E-state index contributed by atoms with van der Waals surface area (Å²) in [5.74, 6) is 0.937. The van der Waals surface area contributed by atoms with Crippen molar-refractivity contribution in [3.8, 4) is 0 Å². The molecule has 0 aromatic heterocycles. The normalized spacial score (nSPS) is 28.6.